The molecule has 20 heavy (non-hydrogen) atoms. The van der Waals surface area contributed by atoms with E-state index in [1.165, 1.54) is 0 Å². The van der Waals surface area contributed by atoms with Crippen LogP contribution in [0.5, 0.6) is 0 Å². The van der Waals surface area contributed by atoms with E-state index in [2.05, 4.69) is 20.7 Å². The first-order valence-corrected chi connectivity index (χ1v) is 6.11. The summed E-state index contributed by atoms with van der Waals surface area (Å²) in [6.45, 7) is 3.62. The fourth-order valence-electron chi connectivity index (χ4n) is 1.70. The normalized spacial score (nSPS) is 10.4. The van der Waals surface area contributed by atoms with Crippen LogP contribution in [-0.4, -0.2) is 9.97 Å². The first-order chi connectivity index (χ1) is 9.55. The average molecular weight is 279 g/mol. The molecule has 4 N–H and O–H groups in total. The number of rotatable bonds is 4. The molecule has 0 fully saturated rings. The van der Waals surface area contributed by atoms with Gasteiger partial charge in [-0.1, -0.05) is 6.92 Å². The number of benzene rings is 1. The van der Waals surface area contributed by atoms with Crippen molar-refractivity contribution >= 4 is 17.3 Å². The molecule has 0 aliphatic heterocycles. The van der Waals surface area contributed by atoms with Crippen molar-refractivity contribution in [2.75, 3.05) is 10.7 Å². The number of hydrogen-bond acceptors (Lipinski definition) is 5. The van der Waals surface area contributed by atoms with Crippen LogP contribution >= 0.6 is 0 Å². The molecule has 0 atom stereocenters. The lowest BCUT2D eigenvalue weighted by molar-refractivity contribution is 0.603. The maximum atomic E-state index is 13.6. The number of nitrogens with zero attached hydrogens (tertiary/aromatic N) is 2. The number of nitrogens with one attached hydrogen (secondary N) is 2. The molecule has 2 aromatic rings. The van der Waals surface area contributed by atoms with Crippen LogP contribution in [0.1, 0.15) is 18.3 Å². The highest BCUT2D eigenvalue weighted by atomic mass is 19.1. The van der Waals surface area contributed by atoms with Gasteiger partial charge in [0.05, 0.1) is 5.69 Å². The van der Waals surface area contributed by atoms with E-state index in [0.29, 0.717) is 29.4 Å². The first kappa shape index (κ1) is 14.1. The standard InChI is InChI=1S/C13H15F2N5/c1-3-11-18-12(7(2)13(19-11)20-16)17-10-6-8(14)4-5-9(10)15/h4-6H,3,16H2,1-2H3,(H2,17,18,19,20). The van der Waals surface area contributed by atoms with Gasteiger partial charge in [-0.3, -0.25) is 0 Å². The minimum Gasteiger partial charge on any atom is -0.337 e. The quantitative estimate of drug-likeness (QED) is 0.592. The number of aromatic nitrogens is 2. The van der Waals surface area contributed by atoms with Crippen LogP contribution < -0.4 is 16.6 Å². The Morgan fingerprint density at radius 2 is 1.90 bits per heavy atom. The van der Waals surface area contributed by atoms with E-state index in [0.717, 1.165) is 18.2 Å². The van der Waals surface area contributed by atoms with Crippen LogP contribution in [0.15, 0.2) is 18.2 Å². The summed E-state index contributed by atoms with van der Waals surface area (Å²) in [7, 11) is 0. The van der Waals surface area contributed by atoms with E-state index in [1.807, 2.05) is 6.92 Å². The van der Waals surface area contributed by atoms with Crippen LogP contribution in [-0.2, 0) is 6.42 Å². The topological polar surface area (TPSA) is 75.9 Å². The maximum Gasteiger partial charge on any atom is 0.148 e. The summed E-state index contributed by atoms with van der Waals surface area (Å²) in [5.74, 6) is 5.66. The van der Waals surface area contributed by atoms with Crippen molar-refractivity contribution in [3.05, 3.63) is 41.2 Å². The fourth-order valence-corrected chi connectivity index (χ4v) is 1.70. The maximum absolute atomic E-state index is 13.6. The van der Waals surface area contributed by atoms with Gasteiger partial charge in [-0.25, -0.2) is 24.6 Å². The highest BCUT2D eigenvalue weighted by Crippen LogP contribution is 2.25. The van der Waals surface area contributed by atoms with E-state index >= 15 is 0 Å². The molecule has 0 bridgehead atoms. The molecule has 0 spiro atoms. The third kappa shape index (κ3) is 2.83. The van der Waals surface area contributed by atoms with Crippen LogP contribution in [0.25, 0.3) is 0 Å². The molecule has 1 aromatic carbocycles. The fraction of sp³-hybridized carbons (Fsp3) is 0.231. The molecule has 1 aromatic heterocycles. The molecular formula is C13H15F2N5. The molecule has 0 saturated heterocycles. The Bertz CT molecular complexity index is 630. The molecule has 5 nitrogen and oxygen atoms in total. The highest BCUT2D eigenvalue weighted by Gasteiger charge is 2.12. The van der Waals surface area contributed by atoms with Crippen molar-refractivity contribution in [3.8, 4) is 0 Å². The van der Waals surface area contributed by atoms with Gasteiger partial charge in [0.15, 0.2) is 0 Å². The summed E-state index contributed by atoms with van der Waals surface area (Å²) in [6, 6.07) is 3.17. The van der Waals surface area contributed by atoms with Crippen molar-refractivity contribution in [3.63, 3.8) is 0 Å². The van der Waals surface area contributed by atoms with Gasteiger partial charge in [0.2, 0.25) is 0 Å². The Morgan fingerprint density at radius 1 is 1.20 bits per heavy atom. The molecule has 0 aliphatic carbocycles. The zero-order valence-corrected chi connectivity index (χ0v) is 11.2. The van der Waals surface area contributed by atoms with Crippen molar-refractivity contribution in [1.29, 1.82) is 0 Å². The highest BCUT2D eigenvalue weighted by molar-refractivity contribution is 5.64. The molecular weight excluding hydrogens is 264 g/mol. The van der Waals surface area contributed by atoms with E-state index in [1.54, 1.807) is 6.92 Å². The molecule has 106 valence electrons. The lowest BCUT2D eigenvalue weighted by atomic mass is 10.2. The van der Waals surface area contributed by atoms with Crippen LogP contribution in [0, 0.1) is 18.6 Å². The molecule has 0 aliphatic rings. The Labute approximate surface area is 115 Å². The Morgan fingerprint density at radius 3 is 2.55 bits per heavy atom. The average Bonchev–Trinajstić information content (AvgIpc) is 2.45. The zero-order valence-electron chi connectivity index (χ0n) is 11.2. The number of anilines is 3. The van der Waals surface area contributed by atoms with Crippen molar-refractivity contribution in [2.24, 2.45) is 5.84 Å². The van der Waals surface area contributed by atoms with Crippen molar-refractivity contribution in [2.45, 2.75) is 20.3 Å². The number of hydrogen-bond donors (Lipinski definition) is 3. The van der Waals surface area contributed by atoms with Gasteiger partial charge in [-0.15, -0.1) is 0 Å². The third-order valence-electron chi connectivity index (χ3n) is 2.83. The summed E-state index contributed by atoms with van der Waals surface area (Å²) in [5, 5.41) is 2.77. The molecule has 0 amide bonds. The number of nitrogen functional groups attached to an aromatic ring is 1. The van der Waals surface area contributed by atoms with E-state index in [-0.39, 0.29) is 5.69 Å². The van der Waals surface area contributed by atoms with E-state index < -0.39 is 11.6 Å². The smallest absolute Gasteiger partial charge is 0.148 e. The number of nitrogens with two attached hydrogens (primary N) is 1. The van der Waals surface area contributed by atoms with Crippen LogP contribution in [0.4, 0.5) is 26.1 Å². The molecule has 0 unspecified atom stereocenters. The van der Waals surface area contributed by atoms with E-state index in [9.17, 15) is 8.78 Å². The van der Waals surface area contributed by atoms with Gasteiger partial charge in [0.25, 0.3) is 0 Å². The van der Waals surface area contributed by atoms with Crippen molar-refractivity contribution in [1.82, 2.24) is 9.97 Å². The van der Waals surface area contributed by atoms with Gasteiger partial charge in [-0.05, 0) is 19.1 Å². The SMILES string of the molecule is CCc1nc(NN)c(C)c(Nc2cc(F)ccc2F)n1. The van der Waals surface area contributed by atoms with Crippen LogP contribution in [0.2, 0.25) is 0 Å². The second-order valence-corrected chi connectivity index (χ2v) is 4.21. The summed E-state index contributed by atoms with van der Waals surface area (Å²) < 4.78 is 26.8. The molecule has 0 saturated carbocycles. The molecule has 0 radical (unpaired) electrons. The number of aryl methyl sites for hydroxylation is 1. The number of hydrazine groups is 1. The van der Waals surface area contributed by atoms with Crippen molar-refractivity contribution < 1.29 is 8.78 Å². The third-order valence-corrected chi connectivity index (χ3v) is 2.83. The molecule has 2 rings (SSSR count). The predicted octanol–water partition coefficient (Wildman–Crippen LogP) is 2.65. The van der Waals surface area contributed by atoms with Gasteiger partial charge >= 0.3 is 0 Å². The minimum absolute atomic E-state index is 0.0109. The number of halogens is 2. The van der Waals surface area contributed by atoms with Gasteiger partial charge in [-0.2, -0.15) is 0 Å². The summed E-state index contributed by atoms with van der Waals surface area (Å²) >= 11 is 0. The lowest BCUT2D eigenvalue weighted by Crippen LogP contribution is -2.14. The molecule has 7 heteroatoms. The molecule has 1 heterocycles. The monoisotopic (exact) mass is 279 g/mol. The predicted molar refractivity (Wildman–Crippen MR) is 73.6 cm³/mol. The second-order valence-electron chi connectivity index (χ2n) is 4.21. The van der Waals surface area contributed by atoms with Crippen LogP contribution in [0.3, 0.4) is 0 Å². The summed E-state index contributed by atoms with van der Waals surface area (Å²) in [4.78, 5) is 8.46. The Kier molecular flexibility index (Phi) is 4.09. The largest absolute Gasteiger partial charge is 0.337 e. The first-order valence-electron chi connectivity index (χ1n) is 6.11. The minimum atomic E-state index is -0.565. The lowest BCUT2D eigenvalue weighted by Gasteiger charge is -2.13. The Balaban J connectivity index is 2.44. The van der Waals surface area contributed by atoms with Gasteiger partial charge < -0.3 is 10.7 Å². The zero-order chi connectivity index (χ0) is 14.7. The second kappa shape index (κ2) is 5.79. The summed E-state index contributed by atoms with van der Waals surface area (Å²) in [5.41, 5.74) is 3.09. The van der Waals surface area contributed by atoms with Gasteiger partial charge in [0.1, 0.15) is 29.1 Å². The summed E-state index contributed by atoms with van der Waals surface area (Å²) in [6.07, 6.45) is 0.593. The van der Waals surface area contributed by atoms with E-state index in [4.69, 9.17) is 5.84 Å². The van der Waals surface area contributed by atoms with Gasteiger partial charge in [0, 0.05) is 18.1 Å². The Hall–Kier alpha value is -2.28.